The summed E-state index contributed by atoms with van der Waals surface area (Å²) in [7, 11) is 0. The lowest BCUT2D eigenvalue weighted by molar-refractivity contribution is 0.0175. The maximum atomic E-state index is 14.3. The van der Waals surface area contributed by atoms with Crippen molar-refractivity contribution in [3.63, 3.8) is 0 Å². The van der Waals surface area contributed by atoms with Crippen LogP contribution in [0.1, 0.15) is 42.3 Å². The summed E-state index contributed by atoms with van der Waals surface area (Å²) in [5.41, 5.74) is 1.97. The Morgan fingerprint density at radius 2 is 1.92 bits per heavy atom. The highest BCUT2D eigenvalue weighted by Gasteiger charge is 2.39. The number of para-hydroxylation sites is 1. The molecule has 5 rings (SSSR count). The number of ether oxygens (including phenoxy) is 1. The zero-order valence-corrected chi connectivity index (χ0v) is 20.5. The lowest BCUT2D eigenvalue weighted by Crippen LogP contribution is -2.32. The van der Waals surface area contributed by atoms with Crippen LogP contribution >= 0.6 is 11.6 Å². The van der Waals surface area contributed by atoms with Crippen molar-refractivity contribution in [2.24, 2.45) is 0 Å². The summed E-state index contributed by atoms with van der Waals surface area (Å²) >= 11 is 6.16. The van der Waals surface area contributed by atoms with Gasteiger partial charge < -0.3 is 26.0 Å². The molecule has 3 aromatic carbocycles. The lowest BCUT2D eigenvalue weighted by atomic mass is 9.97. The Labute approximate surface area is 211 Å². The van der Waals surface area contributed by atoms with Gasteiger partial charge in [0.2, 0.25) is 0 Å². The van der Waals surface area contributed by atoms with Crippen LogP contribution in [0.4, 0.5) is 35.9 Å². The number of carbonyl (C=O) groups excluding carboxylic acids is 1. The summed E-state index contributed by atoms with van der Waals surface area (Å²) in [6.07, 6.45) is -0.0884. The van der Waals surface area contributed by atoms with Gasteiger partial charge in [-0.25, -0.2) is 13.2 Å². The van der Waals surface area contributed by atoms with Crippen LogP contribution in [0.2, 0.25) is 5.02 Å². The summed E-state index contributed by atoms with van der Waals surface area (Å²) in [6, 6.07) is 11.6. The molecule has 4 N–H and O–H groups in total. The molecule has 1 unspecified atom stereocenters. The van der Waals surface area contributed by atoms with Gasteiger partial charge in [0.25, 0.3) is 11.8 Å². The van der Waals surface area contributed by atoms with Crippen LogP contribution in [-0.2, 0) is 12.3 Å². The van der Waals surface area contributed by atoms with E-state index in [1.54, 1.807) is 18.2 Å². The van der Waals surface area contributed by atoms with Crippen LogP contribution in [0.15, 0.2) is 48.5 Å². The second kappa shape index (κ2) is 8.51. The van der Waals surface area contributed by atoms with E-state index in [0.29, 0.717) is 17.9 Å². The van der Waals surface area contributed by atoms with Crippen molar-refractivity contribution in [2.45, 2.75) is 45.0 Å². The number of benzene rings is 3. The molecule has 0 saturated heterocycles. The molecule has 1 atom stereocenters. The van der Waals surface area contributed by atoms with Crippen molar-refractivity contribution in [3.05, 3.63) is 76.1 Å². The highest BCUT2D eigenvalue weighted by molar-refractivity contribution is 6.33. The van der Waals surface area contributed by atoms with E-state index in [1.807, 2.05) is 13.8 Å². The fourth-order valence-corrected chi connectivity index (χ4v) is 4.67. The van der Waals surface area contributed by atoms with Crippen molar-refractivity contribution in [2.75, 3.05) is 21.3 Å². The molecule has 2 aliphatic rings. The Kier molecular flexibility index (Phi) is 5.70. The number of halogens is 4. The first-order valence-electron chi connectivity index (χ1n) is 11.3. The summed E-state index contributed by atoms with van der Waals surface area (Å²) < 4.78 is 48.0. The maximum Gasteiger partial charge on any atom is 0.270 e. The standard InChI is InChI=1S/C26H24ClF3N4O2/c1-25(2)12-16-20-19(32-24(33-20)34-21-17(27)8-5-9-18(21)28)11-15(22(16)36-25)23(35)31-14-7-4-6-13(10-14)26(3,29)30/h4-11,24,32-34H,12H2,1-3H3,(H,31,35). The van der Waals surface area contributed by atoms with Gasteiger partial charge in [0.15, 0.2) is 6.29 Å². The van der Waals surface area contributed by atoms with Gasteiger partial charge in [-0.15, -0.1) is 0 Å². The third kappa shape index (κ3) is 4.51. The summed E-state index contributed by atoms with van der Waals surface area (Å²) in [5, 5.41) is 12.4. The van der Waals surface area contributed by atoms with Crippen LogP contribution in [-0.4, -0.2) is 17.8 Å². The van der Waals surface area contributed by atoms with Gasteiger partial charge in [0.05, 0.1) is 27.6 Å². The third-order valence-corrected chi connectivity index (χ3v) is 6.39. The molecule has 6 nitrogen and oxygen atoms in total. The van der Waals surface area contributed by atoms with Gasteiger partial charge in [-0.3, -0.25) is 4.79 Å². The number of hydrogen-bond donors (Lipinski definition) is 4. The minimum atomic E-state index is -3.04. The molecule has 2 heterocycles. The van der Waals surface area contributed by atoms with Crippen LogP contribution in [0.3, 0.4) is 0 Å². The molecule has 36 heavy (non-hydrogen) atoms. The van der Waals surface area contributed by atoms with Crippen molar-refractivity contribution < 1.29 is 22.7 Å². The van der Waals surface area contributed by atoms with E-state index in [1.165, 1.54) is 30.3 Å². The van der Waals surface area contributed by atoms with E-state index in [2.05, 4.69) is 21.3 Å². The third-order valence-electron chi connectivity index (χ3n) is 6.07. The topological polar surface area (TPSA) is 74.4 Å². The number of alkyl halides is 2. The second-order valence-electron chi connectivity index (χ2n) is 9.58. The minimum absolute atomic E-state index is 0.135. The molecular formula is C26H24ClF3N4O2. The van der Waals surface area contributed by atoms with Gasteiger partial charge in [-0.05, 0) is 44.2 Å². The number of carbonyl (C=O) groups is 1. The lowest BCUT2D eigenvalue weighted by Gasteiger charge is -2.18. The Bertz CT molecular complexity index is 1350. The molecule has 0 bridgehead atoms. The van der Waals surface area contributed by atoms with E-state index >= 15 is 0 Å². The van der Waals surface area contributed by atoms with E-state index in [4.69, 9.17) is 16.3 Å². The van der Waals surface area contributed by atoms with Crippen molar-refractivity contribution >= 4 is 40.3 Å². The van der Waals surface area contributed by atoms with Crippen LogP contribution < -0.4 is 26.0 Å². The molecule has 0 saturated carbocycles. The first kappa shape index (κ1) is 24.1. The number of fused-ring (bicyclic) bond motifs is 3. The summed E-state index contributed by atoms with van der Waals surface area (Å²) in [5.74, 6) is -3.64. The first-order chi connectivity index (χ1) is 16.9. The number of rotatable bonds is 5. The minimum Gasteiger partial charge on any atom is -0.486 e. The van der Waals surface area contributed by atoms with Gasteiger partial charge in [0, 0.05) is 30.2 Å². The zero-order chi connectivity index (χ0) is 25.8. The predicted molar refractivity (Wildman–Crippen MR) is 135 cm³/mol. The molecule has 1 amide bonds. The molecule has 2 aliphatic heterocycles. The second-order valence-corrected chi connectivity index (χ2v) is 9.99. The average Bonchev–Trinajstić information content (AvgIpc) is 3.34. The Hall–Kier alpha value is -3.59. The number of nitrogens with one attached hydrogen (secondary N) is 4. The van der Waals surface area contributed by atoms with Crippen molar-refractivity contribution in [3.8, 4) is 5.75 Å². The predicted octanol–water partition coefficient (Wildman–Crippen LogP) is 6.79. The SMILES string of the molecule is CC1(C)Cc2c3c(cc(C(=O)Nc4cccc(C(C)(F)F)c4)c2O1)NC(Nc1c(F)cccc1Cl)N3. The molecule has 0 radical (unpaired) electrons. The van der Waals surface area contributed by atoms with Gasteiger partial charge in [-0.1, -0.05) is 29.8 Å². The number of amides is 1. The van der Waals surface area contributed by atoms with Crippen molar-refractivity contribution in [1.82, 2.24) is 0 Å². The van der Waals surface area contributed by atoms with Gasteiger partial charge in [-0.2, -0.15) is 0 Å². The highest BCUT2D eigenvalue weighted by atomic mass is 35.5. The number of hydrogen-bond acceptors (Lipinski definition) is 5. The Morgan fingerprint density at radius 1 is 1.17 bits per heavy atom. The highest BCUT2D eigenvalue weighted by Crippen LogP contribution is 2.48. The molecule has 0 fully saturated rings. The molecule has 0 aromatic heterocycles. The van der Waals surface area contributed by atoms with E-state index in [9.17, 15) is 18.0 Å². The Morgan fingerprint density at radius 3 is 2.64 bits per heavy atom. The fourth-order valence-electron chi connectivity index (χ4n) is 4.45. The molecule has 3 aromatic rings. The first-order valence-corrected chi connectivity index (χ1v) is 11.7. The number of anilines is 4. The normalized spacial score (nSPS) is 17.4. The molecule has 0 aliphatic carbocycles. The van der Waals surface area contributed by atoms with Crippen molar-refractivity contribution in [1.29, 1.82) is 0 Å². The van der Waals surface area contributed by atoms with Crippen LogP contribution in [0.5, 0.6) is 5.75 Å². The van der Waals surface area contributed by atoms with E-state index in [0.717, 1.165) is 18.2 Å². The summed E-state index contributed by atoms with van der Waals surface area (Å²) in [4.78, 5) is 13.3. The monoisotopic (exact) mass is 516 g/mol. The molecule has 10 heteroatoms. The van der Waals surface area contributed by atoms with E-state index in [-0.39, 0.29) is 27.5 Å². The van der Waals surface area contributed by atoms with Gasteiger partial charge >= 0.3 is 0 Å². The van der Waals surface area contributed by atoms with Gasteiger partial charge in [0.1, 0.15) is 17.2 Å². The zero-order valence-electron chi connectivity index (χ0n) is 19.7. The largest absolute Gasteiger partial charge is 0.486 e. The smallest absolute Gasteiger partial charge is 0.270 e. The Balaban J connectivity index is 1.46. The average molecular weight is 517 g/mol. The molecule has 0 spiro atoms. The quantitative estimate of drug-likeness (QED) is 0.300. The maximum absolute atomic E-state index is 14.3. The molecule has 188 valence electrons. The summed E-state index contributed by atoms with van der Waals surface area (Å²) in [6.45, 7) is 4.62. The van der Waals surface area contributed by atoms with Crippen LogP contribution in [0.25, 0.3) is 0 Å². The molecular weight excluding hydrogens is 493 g/mol. The van der Waals surface area contributed by atoms with E-state index < -0.39 is 29.5 Å². The fraction of sp³-hybridized carbons (Fsp3) is 0.269. The van der Waals surface area contributed by atoms with Crippen LogP contribution in [0, 0.1) is 5.82 Å².